The Bertz CT molecular complexity index is 549. The van der Waals surface area contributed by atoms with Crippen LogP contribution in [0.2, 0.25) is 0 Å². The molecule has 0 unspecified atom stereocenters. The summed E-state index contributed by atoms with van der Waals surface area (Å²) in [5, 5.41) is 10.9. The van der Waals surface area contributed by atoms with Crippen molar-refractivity contribution in [2.75, 3.05) is 6.61 Å². The Kier molecular flexibility index (Phi) is 3.32. The summed E-state index contributed by atoms with van der Waals surface area (Å²) in [5.41, 5.74) is 0. The molecule has 18 heavy (non-hydrogen) atoms. The van der Waals surface area contributed by atoms with E-state index >= 15 is 0 Å². The van der Waals surface area contributed by atoms with Crippen LogP contribution in [0.15, 0.2) is 36.4 Å². The SMILES string of the molecule is Oc1ccc2cc(OCCC(F)(F)F)ccc2c1. The fourth-order valence-corrected chi connectivity index (χ4v) is 1.59. The summed E-state index contributed by atoms with van der Waals surface area (Å²) in [5.74, 6) is 0.533. The van der Waals surface area contributed by atoms with Crippen molar-refractivity contribution >= 4 is 10.8 Å². The van der Waals surface area contributed by atoms with E-state index in [-0.39, 0.29) is 5.75 Å². The highest BCUT2D eigenvalue weighted by Crippen LogP contribution is 2.25. The van der Waals surface area contributed by atoms with E-state index in [2.05, 4.69) is 0 Å². The van der Waals surface area contributed by atoms with Gasteiger partial charge >= 0.3 is 6.18 Å². The second-order valence-corrected chi connectivity index (χ2v) is 3.91. The van der Waals surface area contributed by atoms with Crippen LogP contribution in [0.3, 0.4) is 0 Å². The third kappa shape index (κ3) is 3.29. The molecule has 2 aromatic carbocycles. The summed E-state index contributed by atoms with van der Waals surface area (Å²) < 4.78 is 40.9. The Morgan fingerprint density at radius 3 is 2.39 bits per heavy atom. The topological polar surface area (TPSA) is 29.5 Å². The number of fused-ring (bicyclic) bond motifs is 1. The lowest BCUT2D eigenvalue weighted by molar-refractivity contribution is -0.139. The van der Waals surface area contributed by atoms with Crippen molar-refractivity contribution in [2.45, 2.75) is 12.6 Å². The maximum Gasteiger partial charge on any atom is 0.392 e. The summed E-state index contributed by atoms with van der Waals surface area (Å²) >= 11 is 0. The molecular formula is C13H11F3O2. The molecule has 2 aromatic rings. The fraction of sp³-hybridized carbons (Fsp3) is 0.231. The molecule has 0 aliphatic carbocycles. The van der Waals surface area contributed by atoms with Crippen molar-refractivity contribution in [3.05, 3.63) is 36.4 Å². The van der Waals surface area contributed by atoms with E-state index in [4.69, 9.17) is 4.74 Å². The molecule has 0 spiro atoms. The quantitative estimate of drug-likeness (QED) is 0.903. The number of aromatic hydroxyl groups is 1. The van der Waals surface area contributed by atoms with Gasteiger partial charge in [0.15, 0.2) is 0 Å². The van der Waals surface area contributed by atoms with Gasteiger partial charge in [-0.15, -0.1) is 0 Å². The highest BCUT2D eigenvalue weighted by Gasteiger charge is 2.26. The normalized spacial score (nSPS) is 11.7. The number of hydrogen-bond donors (Lipinski definition) is 1. The minimum Gasteiger partial charge on any atom is -0.508 e. The molecule has 96 valence electrons. The maximum atomic E-state index is 11.9. The Labute approximate surface area is 102 Å². The molecule has 0 saturated carbocycles. The summed E-state index contributed by atoms with van der Waals surface area (Å²) in [6.45, 7) is -0.396. The number of phenols is 1. The average molecular weight is 256 g/mol. The van der Waals surface area contributed by atoms with Crippen LogP contribution < -0.4 is 4.74 Å². The Morgan fingerprint density at radius 2 is 1.67 bits per heavy atom. The van der Waals surface area contributed by atoms with Crippen LogP contribution >= 0.6 is 0 Å². The number of hydrogen-bond acceptors (Lipinski definition) is 2. The zero-order valence-electron chi connectivity index (χ0n) is 9.37. The van der Waals surface area contributed by atoms with Crippen molar-refractivity contribution in [2.24, 2.45) is 0 Å². The van der Waals surface area contributed by atoms with Gasteiger partial charge in [0.1, 0.15) is 11.5 Å². The van der Waals surface area contributed by atoms with Gasteiger partial charge in [-0.2, -0.15) is 13.2 Å². The van der Waals surface area contributed by atoms with Crippen LogP contribution in [-0.2, 0) is 0 Å². The molecule has 0 aromatic heterocycles. The number of ether oxygens (including phenoxy) is 1. The molecule has 0 heterocycles. The van der Waals surface area contributed by atoms with Crippen molar-refractivity contribution in [3.8, 4) is 11.5 Å². The maximum absolute atomic E-state index is 11.9. The van der Waals surface area contributed by atoms with Crippen molar-refractivity contribution in [1.82, 2.24) is 0 Å². The summed E-state index contributed by atoms with van der Waals surface area (Å²) in [6, 6.07) is 9.69. The molecule has 2 rings (SSSR count). The lowest BCUT2D eigenvalue weighted by atomic mass is 10.1. The van der Waals surface area contributed by atoms with Gasteiger partial charge in [0.25, 0.3) is 0 Å². The third-order valence-corrected chi connectivity index (χ3v) is 2.45. The molecule has 0 amide bonds. The fourth-order valence-electron chi connectivity index (χ4n) is 1.59. The number of rotatable bonds is 3. The van der Waals surface area contributed by atoms with E-state index in [0.29, 0.717) is 5.75 Å². The highest BCUT2D eigenvalue weighted by atomic mass is 19.4. The molecular weight excluding hydrogens is 245 g/mol. The van der Waals surface area contributed by atoms with Crippen molar-refractivity contribution < 1.29 is 23.0 Å². The van der Waals surface area contributed by atoms with Gasteiger partial charge in [0.2, 0.25) is 0 Å². The van der Waals surface area contributed by atoms with E-state index in [1.807, 2.05) is 0 Å². The number of halogens is 3. The van der Waals surface area contributed by atoms with Gasteiger partial charge in [-0.3, -0.25) is 0 Å². The molecule has 1 N–H and O–H groups in total. The van der Waals surface area contributed by atoms with E-state index in [9.17, 15) is 18.3 Å². The van der Waals surface area contributed by atoms with Gasteiger partial charge < -0.3 is 9.84 Å². The van der Waals surface area contributed by atoms with Crippen molar-refractivity contribution in [3.63, 3.8) is 0 Å². The Hall–Kier alpha value is -1.91. The minimum absolute atomic E-state index is 0.147. The van der Waals surface area contributed by atoms with E-state index in [1.165, 1.54) is 6.07 Å². The first kappa shape index (κ1) is 12.5. The summed E-state index contributed by atoms with van der Waals surface area (Å²) in [7, 11) is 0. The van der Waals surface area contributed by atoms with Gasteiger partial charge in [-0.1, -0.05) is 12.1 Å². The van der Waals surface area contributed by atoms with E-state index in [0.717, 1.165) is 10.8 Å². The molecule has 0 radical (unpaired) electrons. The first-order chi connectivity index (χ1) is 8.44. The van der Waals surface area contributed by atoms with Crippen LogP contribution in [0.4, 0.5) is 13.2 Å². The predicted octanol–water partition coefficient (Wildman–Crippen LogP) is 3.88. The lowest BCUT2D eigenvalue weighted by Crippen LogP contribution is -2.12. The molecule has 0 aliphatic heterocycles. The monoisotopic (exact) mass is 256 g/mol. The van der Waals surface area contributed by atoms with Gasteiger partial charge in [-0.25, -0.2) is 0 Å². The molecule has 5 heteroatoms. The van der Waals surface area contributed by atoms with Crippen molar-refractivity contribution in [1.29, 1.82) is 0 Å². The average Bonchev–Trinajstić information content (AvgIpc) is 2.27. The van der Waals surface area contributed by atoms with Gasteiger partial charge in [0, 0.05) is 0 Å². The second kappa shape index (κ2) is 4.76. The minimum atomic E-state index is -4.21. The zero-order chi connectivity index (χ0) is 13.2. The largest absolute Gasteiger partial charge is 0.508 e. The lowest BCUT2D eigenvalue weighted by Gasteiger charge is -2.09. The first-order valence-electron chi connectivity index (χ1n) is 5.36. The molecule has 2 nitrogen and oxygen atoms in total. The number of alkyl halides is 3. The van der Waals surface area contributed by atoms with Crippen LogP contribution in [0.5, 0.6) is 11.5 Å². The Morgan fingerprint density at radius 1 is 1.00 bits per heavy atom. The standard InChI is InChI=1S/C13H11F3O2/c14-13(15,16)5-6-18-12-4-2-9-7-11(17)3-1-10(9)8-12/h1-4,7-8,17H,5-6H2. The Balaban J connectivity index is 2.08. The zero-order valence-corrected chi connectivity index (χ0v) is 9.37. The van der Waals surface area contributed by atoms with Gasteiger partial charge in [-0.05, 0) is 35.0 Å². The van der Waals surface area contributed by atoms with Crippen LogP contribution in [0.1, 0.15) is 6.42 Å². The first-order valence-corrected chi connectivity index (χ1v) is 5.36. The highest BCUT2D eigenvalue weighted by molar-refractivity contribution is 5.85. The van der Waals surface area contributed by atoms with E-state index < -0.39 is 19.2 Å². The number of phenolic OH excluding ortho intramolecular Hbond substituents is 1. The van der Waals surface area contributed by atoms with Crippen LogP contribution in [-0.4, -0.2) is 17.9 Å². The third-order valence-electron chi connectivity index (χ3n) is 2.45. The number of benzene rings is 2. The van der Waals surface area contributed by atoms with Crippen LogP contribution in [0.25, 0.3) is 10.8 Å². The molecule has 0 saturated heterocycles. The summed E-state index contributed by atoms with van der Waals surface area (Å²) in [4.78, 5) is 0. The second-order valence-electron chi connectivity index (χ2n) is 3.91. The molecule has 0 aliphatic rings. The van der Waals surface area contributed by atoms with Gasteiger partial charge in [0.05, 0.1) is 13.0 Å². The molecule has 0 bridgehead atoms. The van der Waals surface area contributed by atoms with E-state index in [1.54, 1.807) is 30.3 Å². The molecule has 0 atom stereocenters. The van der Waals surface area contributed by atoms with Crippen LogP contribution in [0, 0.1) is 0 Å². The molecule has 0 fully saturated rings. The summed E-state index contributed by atoms with van der Waals surface area (Å²) in [6.07, 6.45) is -5.18. The smallest absolute Gasteiger partial charge is 0.392 e. The predicted molar refractivity (Wildman–Crippen MR) is 61.8 cm³/mol.